The van der Waals surface area contributed by atoms with Crippen molar-refractivity contribution >= 4 is 23.3 Å². The van der Waals surface area contributed by atoms with Crippen molar-refractivity contribution in [1.82, 2.24) is 14.6 Å². The molecular weight excluding hydrogens is 558 g/mol. The molecular formula is C34H47N5O5. The second kappa shape index (κ2) is 14.3. The molecule has 3 aromatic rings. The third kappa shape index (κ3) is 7.98. The first-order valence-electron chi connectivity index (χ1n) is 15.3. The van der Waals surface area contributed by atoms with Crippen LogP contribution in [0.3, 0.4) is 0 Å². The highest BCUT2D eigenvalue weighted by atomic mass is 16.6. The van der Waals surface area contributed by atoms with Crippen molar-refractivity contribution in [3.05, 3.63) is 72.5 Å². The minimum absolute atomic E-state index is 0.240. The number of para-hydroxylation sites is 1. The van der Waals surface area contributed by atoms with Crippen LogP contribution in [-0.2, 0) is 25.5 Å². The molecule has 1 aromatic carbocycles. The van der Waals surface area contributed by atoms with Gasteiger partial charge in [-0.05, 0) is 60.5 Å². The number of carbonyl (C=O) groups is 1. The number of nitrogens with zero attached hydrogens (tertiary/aromatic N) is 4. The molecule has 44 heavy (non-hydrogen) atoms. The van der Waals surface area contributed by atoms with Gasteiger partial charge in [-0.25, -0.2) is 9.78 Å². The van der Waals surface area contributed by atoms with Crippen molar-refractivity contribution in [3.63, 3.8) is 0 Å². The molecule has 10 heteroatoms. The average Bonchev–Trinajstić information content (AvgIpc) is 3.39. The minimum atomic E-state index is -0.985. The number of benzene rings is 1. The quantitative estimate of drug-likeness (QED) is 0.170. The van der Waals surface area contributed by atoms with Gasteiger partial charge in [0.2, 0.25) is 0 Å². The largest absolute Gasteiger partial charge is 0.489 e. The Hall–Kier alpha value is -3.89. The fraction of sp³-hybridized carbons (Fsp3) is 0.500. The van der Waals surface area contributed by atoms with Crippen LogP contribution in [0.2, 0.25) is 0 Å². The van der Waals surface area contributed by atoms with Gasteiger partial charge in [-0.1, -0.05) is 36.9 Å². The van der Waals surface area contributed by atoms with Crippen LogP contribution in [0.15, 0.2) is 55.6 Å². The van der Waals surface area contributed by atoms with E-state index in [0.29, 0.717) is 55.6 Å². The number of carbonyl (C=O) groups excluding carboxylic acids is 1. The summed E-state index contributed by atoms with van der Waals surface area (Å²) in [6, 6.07) is 9.79. The van der Waals surface area contributed by atoms with Crippen LogP contribution in [-0.4, -0.2) is 64.7 Å². The van der Waals surface area contributed by atoms with E-state index in [1.807, 2.05) is 62.5 Å². The lowest BCUT2D eigenvalue weighted by Crippen LogP contribution is -2.45. The van der Waals surface area contributed by atoms with Gasteiger partial charge in [0.25, 0.3) is 0 Å². The predicted molar refractivity (Wildman–Crippen MR) is 173 cm³/mol. The van der Waals surface area contributed by atoms with Gasteiger partial charge in [-0.2, -0.15) is 4.52 Å². The number of aromatic nitrogens is 3. The summed E-state index contributed by atoms with van der Waals surface area (Å²) >= 11 is 0. The number of aryl methyl sites for hydroxylation is 1. The molecule has 1 aliphatic heterocycles. The fourth-order valence-electron chi connectivity index (χ4n) is 5.33. The number of anilines is 2. The first-order valence-corrected chi connectivity index (χ1v) is 15.3. The van der Waals surface area contributed by atoms with Crippen molar-refractivity contribution in [2.75, 3.05) is 43.1 Å². The van der Waals surface area contributed by atoms with Crippen molar-refractivity contribution in [2.24, 2.45) is 0 Å². The van der Waals surface area contributed by atoms with Gasteiger partial charge in [0.15, 0.2) is 17.6 Å². The van der Waals surface area contributed by atoms with E-state index in [4.69, 9.17) is 29.0 Å². The number of hydrogen-bond acceptors (Lipinski definition) is 9. The third-order valence-electron chi connectivity index (χ3n) is 7.50. The fourth-order valence-corrected chi connectivity index (χ4v) is 5.33. The number of nitrogens with one attached hydrogen (secondary N) is 1. The number of fused-ring (bicyclic) bond motifs is 1. The Bertz CT molecular complexity index is 1450. The summed E-state index contributed by atoms with van der Waals surface area (Å²) in [6.07, 6.45) is 4.10. The lowest BCUT2D eigenvalue weighted by molar-refractivity contribution is -0.166. The third-order valence-corrected chi connectivity index (χ3v) is 7.50. The highest BCUT2D eigenvalue weighted by molar-refractivity contribution is 5.80. The number of hydrogen-bond donors (Lipinski definition) is 1. The molecule has 0 amide bonds. The normalized spacial score (nSPS) is 15.5. The predicted octanol–water partition coefficient (Wildman–Crippen LogP) is 6.20. The van der Waals surface area contributed by atoms with E-state index in [1.54, 1.807) is 19.1 Å². The number of esters is 1. The van der Waals surface area contributed by atoms with Gasteiger partial charge >= 0.3 is 5.97 Å². The van der Waals surface area contributed by atoms with Crippen LogP contribution in [0.1, 0.15) is 70.4 Å². The van der Waals surface area contributed by atoms with Crippen LogP contribution >= 0.6 is 0 Å². The van der Waals surface area contributed by atoms with Gasteiger partial charge in [-0.15, -0.1) is 11.7 Å². The summed E-state index contributed by atoms with van der Waals surface area (Å²) in [5.74, 6) is 1.75. The first-order chi connectivity index (χ1) is 21.0. The topological polar surface area (TPSA) is 99.4 Å². The SMILES string of the molecule is C=CCOc1ccccc1CNc1cc2nc(C)c([C@H](OC(C)(C)C)C(=O)OCC)c(N3CCC(C)(OCC=C)CC3)n2n1. The molecule has 238 valence electrons. The molecule has 1 saturated heterocycles. The first kappa shape index (κ1) is 33.0. The molecule has 0 unspecified atom stereocenters. The Morgan fingerprint density at radius 2 is 1.86 bits per heavy atom. The minimum Gasteiger partial charge on any atom is -0.489 e. The highest BCUT2D eigenvalue weighted by Gasteiger charge is 2.38. The highest BCUT2D eigenvalue weighted by Crippen LogP contribution is 2.38. The standard InChI is InChI=1S/C34H47N5O5/c1-9-20-42-26-15-13-12-14-25(26)23-35-27-22-28-36-24(4)29(30(32(40)41-11-3)44-33(5,6)7)31(39(28)37-27)38-18-16-34(8,17-19-38)43-21-10-2/h9-10,12-15,22,30H,1-2,11,16-21,23H2,3-8H3,(H,35,37)/t30-/m0/s1. The van der Waals surface area contributed by atoms with Gasteiger partial charge in [-0.3, -0.25) is 0 Å². The number of ether oxygens (including phenoxy) is 4. The summed E-state index contributed by atoms with van der Waals surface area (Å²) in [5.41, 5.74) is 2.10. The van der Waals surface area contributed by atoms with Crippen LogP contribution in [0.25, 0.3) is 5.65 Å². The molecule has 3 heterocycles. The monoisotopic (exact) mass is 605 g/mol. The second-order valence-corrected chi connectivity index (χ2v) is 12.2. The molecule has 0 radical (unpaired) electrons. The molecule has 1 atom stereocenters. The molecule has 10 nitrogen and oxygen atoms in total. The summed E-state index contributed by atoms with van der Waals surface area (Å²) in [5, 5.41) is 8.39. The maximum atomic E-state index is 13.5. The Kier molecular flexibility index (Phi) is 10.7. The maximum absolute atomic E-state index is 13.5. The van der Waals surface area contributed by atoms with E-state index < -0.39 is 17.7 Å². The number of piperidine rings is 1. The lowest BCUT2D eigenvalue weighted by atomic mass is 9.92. The Morgan fingerprint density at radius 1 is 1.16 bits per heavy atom. The molecule has 0 bridgehead atoms. The molecule has 0 aliphatic carbocycles. The maximum Gasteiger partial charge on any atom is 0.340 e. The Labute approximate surface area is 261 Å². The van der Waals surface area contributed by atoms with Gasteiger partial charge in [0, 0.05) is 37.0 Å². The molecule has 1 fully saturated rings. The van der Waals surface area contributed by atoms with E-state index >= 15 is 0 Å². The zero-order valence-electron chi connectivity index (χ0n) is 27.0. The molecule has 4 rings (SSSR count). The second-order valence-electron chi connectivity index (χ2n) is 12.2. The zero-order valence-corrected chi connectivity index (χ0v) is 27.0. The van der Waals surface area contributed by atoms with Gasteiger partial charge in [0.05, 0.1) is 30.0 Å². The molecule has 1 N–H and O–H groups in total. The number of rotatable bonds is 14. The van der Waals surface area contributed by atoms with Crippen LogP contribution in [0.5, 0.6) is 5.75 Å². The summed E-state index contributed by atoms with van der Waals surface area (Å²) in [7, 11) is 0. The average molecular weight is 606 g/mol. The van der Waals surface area contributed by atoms with Crippen LogP contribution < -0.4 is 15.0 Å². The van der Waals surface area contributed by atoms with Crippen molar-refractivity contribution < 1.29 is 23.7 Å². The van der Waals surface area contributed by atoms with Gasteiger partial charge < -0.3 is 29.2 Å². The Morgan fingerprint density at radius 3 is 2.52 bits per heavy atom. The smallest absolute Gasteiger partial charge is 0.340 e. The van der Waals surface area contributed by atoms with Crippen LogP contribution in [0, 0.1) is 6.92 Å². The van der Waals surface area contributed by atoms with Crippen molar-refractivity contribution in [2.45, 2.75) is 78.2 Å². The lowest BCUT2D eigenvalue weighted by Gasteiger charge is -2.41. The van der Waals surface area contributed by atoms with E-state index in [0.717, 1.165) is 30.0 Å². The zero-order chi connectivity index (χ0) is 31.9. The van der Waals surface area contributed by atoms with E-state index in [2.05, 4.69) is 30.3 Å². The summed E-state index contributed by atoms with van der Waals surface area (Å²) < 4.78 is 25.7. The van der Waals surface area contributed by atoms with E-state index in [-0.39, 0.29) is 12.2 Å². The van der Waals surface area contributed by atoms with Crippen LogP contribution in [0.4, 0.5) is 11.6 Å². The molecule has 0 spiro atoms. The summed E-state index contributed by atoms with van der Waals surface area (Å²) in [6.45, 7) is 22.2. The van der Waals surface area contributed by atoms with E-state index in [1.165, 1.54) is 0 Å². The Balaban J connectivity index is 1.77. The van der Waals surface area contributed by atoms with Crippen molar-refractivity contribution in [1.29, 1.82) is 0 Å². The van der Waals surface area contributed by atoms with E-state index in [9.17, 15) is 4.79 Å². The summed E-state index contributed by atoms with van der Waals surface area (Å²) in [4.78, 5) is 20.6. The van der Waals surface area contributed by atoms with Crippen molar-refractivity contribution in [3.8, 4) is 5.75 Å². The molecule has 1 aliphatic rings. The molecule has 2 aromatic heterocycles. The molecule has 0 saturated carbocycles. The van der Waals surface area contributed by atoms with Gasteiger partial charge in [0.1, 0.15) is 18.2 Å².